The standard InChI is InChI=1S/C13H11F2NO2S/c1-2-18-13(17)6-12-16-11(7-19-12)8-3-9(14)5-10(15)4-8/h3-5,7H,2,6H2,1H3. The summed E-state index contributed by atoms with van der Waals surface area (Å²) in [5.41, 5.74) is 0.798. The van der Waals surface area contributed by atoms with Gasteiger partial charge in [0.2, 0.25) is 0 Å². The Hall–Kier alpha value is -1.82. The molecule has 1 aromatic carbocycles. The largest absolute Gasteiger partial charge is 0.466 e. The summed E-state index contributed by atoms with van der Waals surface area (Å²) in [6, 6.07) is 3.20. The van der Waals surface area contributed by atoms with Gasteiger partial charge in [-0.15, -0.1) is 11.3 Å². The van der Waals surface area contributed by atoms with Crippen molar-refractivity contribution in [3.63, 3.8) is 0 Å². The van der Waals surface area contributed by atoms with E-state index in [-0.39, 0.29) is 12.4 Å². The Labute approximate surface area is 112 Å². The predicted octanol–water partition coefficient (Wildman–Crippen LogP) is 3.19. The summed E-state index contributed by atoms with van der Waals surface area (Å²) in [6.07, 6.45) is 0.0658. The lowest BCUT2D eigenvalue weighted by Gasteiger charge is -1.99. The molecule has 100 valence electrons. The average Bonchev–Trinajstić information content (AvgIpc) is 2.76. The van der Waals surface area contributed by atoms with Crippen LogP contribution in [0.1, 0.15) is 11.9 Å². The maximum atomic E-state index is 13.1. The molecular formula is C13H11F2NO2S. The van der Waals surface area contributed by atoms with E-state index in [1.54, 1.807) is 12.3 Å². The highest BCUT2D eigenvalue weighted by molar-refractivity contribution is 7.10. The van der Waals surface area contributed by atoms with Crippen LogP contribution in [0.2, 0.25) is 0 Å². The van der Waals surface area contributed by atoms with Gasteiger partial charge < -0.3 is 4.74 Å². The van der Waals surface area contributed by atoms with Crippen molar-refractivity contribution < 1.29 is 18.3 Å². The zero-order valence-electron chi connectivity index (χ0n) is 10.2. The minimum absolute atomic E-state index is 0.0658. The van der Waals surface area contributed by atoms with E-state index in [2.05, 4.69) is 4.98 Å². The number of thiazole rings is 1. The number of ether oxygens (including phenoxy) is 1. The predicted molar refractivity (Wildman–Crippen MR) is 67.8 cm³/mol. The van der Waals surface area contributed by atoms with Crippen LogP contribution in [0.5, 0.6) is 0 Å². The Bertz CT molecular complexity index is 578. The van der Waals surface area contributed by atoms with Gasteiger partial charge in [-0.2, -0.15) is 0 Å². The molecule has 19 heavy (non-hydrogen) atoms. The number of carbonyl (C=O) groups excluding carboxylic acids is 1. The first kappa shape index (κ1) is 13.6. The molecule has 2 aromatic rings. The number of rotatable bonds is 4. The van der Waals surface area contributed by atoms with Crippen molar-refractivity contribution in [3.8, 4) is 11.3 Å². The van der Waals surface area contributed by atoms with Gasteiger partial charge in [0, 0.05) is 17.0 Å². The fourth-order valence-corrected chi connectivity index (χ4v) is 2.35. The highest BCUT2D eigenvalue weighted by Gasteiger charge is 2.11. The SMILES string of the molecule is CCOC(=O)Cc1nc(-c2cc(F)cc(F)c2)cs1. The summed E-state index contributed by atoms with van der Waals surface area (Å²) in [5, 5.41) is 2.21. The minimum atomic E-state index is -0.657. The van der Waals surface area contributed by atoms with E-state index in [0.717, 1.165) is 6.07 Å². The summed E-state index contributed by atoms with van der Waals surface area (Å²) >= 11 is 1.25. The molecule has 1 aromatic heterocycles. The molecule has 0 spiro atoms. The third-order valence-electron chi connectivity index (χ3n) is 2.31. The van der Waals surface area contributed by atoms with Gasteiger partial charge in [-0.1, -0.05) is 0 Å². The number of halogens is 2. The van der Waals surface area contributed by atoms with Crippen LogP contribution in [0.15, 0.2) is 23.6 Å². The van der Waals surface area contributed by atoms with Crippen LogP contribution in [0, 0.1) is 11.6 Å². The van der Waals surface area contributed by atoms with Crippen LogP contribution < -0.4 is 0 Å². The second kappa shape index (κ2) is 5.88. The lowest BCUT2D eigenvalue weighted by atomic mass is 10.1. The smallest absolute Gasteiger partial charge is 0.312 e. The molecule has 0 saturated heterocycles. The van der Waals surface area contributed by atoms with E-state index < -0.39 is 11.6 Å². The molecule has 0 fully saturated rings. The maximum absolute atomic E-state index is 13.1. The molecule has 0 saturated carbocycles. The van der Waals surface area contributed by atoms with Gasteiger partial charge in [0.15, 0.2) is 0 Å². The van der Waals surface area contributed by atoms with Crippen LogP contribution in [0.3, 0.4) is 0 Å². The van der Waals surface area contributed by atoms with Crippen molar-refractivity contribution >= 4 is 17.3 Å². The van der Waals surface area contributed by atoms with Crippen molar-refractivity contribution in [2.45, 2.75) is 13.3 Å². The van der Waals surface area contributed by atoms with Gasteiger partial charge >= 0.3 is 5.97 Å². The summed E-state index contributed by atoms with van der Waals surface area (Å²) < 4.78 is 31.0. The molecule has 1 heterocycles. The Morgan fingerprint density at radius 3 is 2.63 bits per heavy atom. The number of nitrogens with zero attached hydrogens (tertiary/aromatic N) is 1. The van der Waals surface area contributed by atoms with Gasteiger partial charge in [0.25, 0.3) is 0 Å². The molecule has 0 radical (unpaired) electrons. The lowest BCUT2D eigenvalue weighted by molar-refractivity contribution is -0.142. The number of benzene rings is 1. The van der Waals surface area contributed by atoms with Crippen molar-refractivity contribution in [2.24, 2.45) is 0 Å². The molecule has 0 atom stereocenters. The van der Waals surface area contributed by atoms with E-state index in [4.69, 9.17) is 4.74 Å². The fourth-order valence-electron chi connectivity index (χ4n) is 1.56. The lowest BCUT2D eigenvalue weighted by Crippen LogP contribution is -2.07. The fraction of sp³-hybridized carbons (Fsp3) is 0.231. The molecule has 6 heteroatoms. The van der Waals surface area contributed by atoms with Crippen molar-refractivity contribution in [1.82, 2.24) is 4.98 Å². The Morgan fingerprint density at radius 1 is 1.32 bits per heavy atom. The van der Waals surface area contributed by atoms with Crippen LogP contribution in [-0.4, -0.2) is 17.6 Å². The quantitative estimate of drug-likeness (QED) is 0.809. The van der Waals surface area contributed by atoms with Gasteiger partial charge in [0.05, 0.1) is 18.7 Å². The van der Waals surface area contributed by atoms with Crippen LogP contribution in [0.25, 0.3) is 11.3 Å². The molecule has 3 nitrogen and oxygen atoms in total. The van der Waals surface area contributed by atoms with E-state index in [0.29, 0.717) is 22.9 Å². The molecule has 0 N–H and O–H groups in total. The number of aromatic nitrogens is 1. The summed E-state index contributed by atoms with van der Waals surface area (Å²) in [4.78, 5) is 15.5. The zero-order chi connectivity index (χ0) is 13.8. The van der Waals surface area contributed by atoms with Gasteiger partial charge in [-0.25, -0.2) is 13.8 Å². The minimum Gasteiger partial charge on any atom is -0.466 e. The highest BCUT2D eigenvalue weighted by atomic mass is 32.1. The highest BCUT2D eigenvalue weighted by Crippen LogP contribution is 2.24. The number of carbonyl (C=O) groups is 1. The van der Waals surface area contributed by atoms with E-state index in [1.807, 2.05) is 0 Å². The topological polar surface area (TPSA) is 39.2 Å². The van der Waals surface area contributed by atoms with Crippen LogP contribution in [-0.2, 0) is 16.0 Å². The van der Waals surface area contributed by atoms with Gasteiger partial charge in [-0.05, 0) is 19.1 Å². The third kappa shape index (κ3) is 3.57. The second-order valence-corrected chi connectivity index (χ2v) is 4.71. The van der Waals surface area contributed by atoms with E-state index >= 15 is 0 Å². The number of hydrogen-bond donors (Lipinski definition) is 0. The van der Waals surface area contributed by atoms with Crippen molar-refractivity contribution in [3.05, 3.63) is 40.2 Å². The molecule has 0 amide bonds. The monoisotopic (exact) mass is 283 g/mol. The molecule has 0 unspecified atom stereocenters. The molecule has 0 aliphatic carbocycles. The average molecular weight is 283 g/mol. The van der Waals surface area contributed by atoms with E-state index in [9.17, 15) is 13.6 Å². The molecule has 2 rings (SSSR count). The Morgan fingerprint density at radius 2 is 2.00 bits per heavy atom. The maximum Gasteiger partial charge on any atom is 0.312 e. The van der Waals surface area contributed by atoms with Gasteiger partial charge in [0.1, 0.15) is 16.6 Å². The number of esters is 1. The first-order valence-electron chi connectivity index (χ1n) is 5.65. The Balaban J connectivity index is 2.18. The van der Waals surface area contributed by atoms with Crippen molar-refractivity contribution in [2.75, 3.05) is 6.61 Å². The Kier molecular flexibility index (Phi) is 4.21. The van der Waals surface area contributed by atoms with E-state index in [1.165, 1.54) is 23.5 Å². The second-order valence-electron chi connectivity index (χ2n) is 3.77. The van der Waals surface area contributed by atoms with Gasteiger partial charge in [-0.3, -0.25) is 4.79 Å². The van der Waals surface area contributed by atoms with Crippen LogP contribution in [0.4, 0.5) is 8.78 Å². The summed E-state index contributed by atoms with van der Waals surface area (Å²) in [5.74, 6) is -1.68. The van der Waals surface area contributed by atoms with Crippen molar-refractivity contribution in [1.29, 1.82) is 0 Å². The number of hydrogen-bond acceptors (Lipinski definition) is 4. The zero-order valence-corrected chi connectivity index (χ0v) is 11.0. The van der Waals surface area contributed by atoms with Crippen LogP contribution >= 0.6 is 11.3 Å². The molecular weight excluding hydrogens is 272 g/mol. The first-order valence-corrected chi connectivity index (χ1v) is 6.53. The molecule has 0 aliphatic rings. The summed E-state index contributed by atoms with van der Waals surface area (Å²) in [6.45, 7) is 2.03. The first-order chi connectivity index (χ1) is 9.08. The normalized spacial score (nSPS) is 10.5. The molecule has 0 aliphatic heterocycles. The third-order valence-corrected chi connectivity index (χ3v) is 3.16. The molecule has 0 bridgehead atoms. The summed E-state index contributed by atoms with van der Waals surface area (Å²) in [7, 11) is 0.